The molecule has 2 rings (SSSR count). The summed E-state index contributed by atoms with van der Waals surface area (Å²) in [6, 6.07) is 1.90. The molecule has 2 aromatic heterocycles. The SMILES string of the molecule is Cc1cnc(C(=O)Nc2[nH]ncc2C#N)cn1. The number of hydrogen-bond acceptors (Lipinski definition) is 5. The molecule has 0 aromatic carbocycles. The van der Waals surface area contributed by atoms with Crippen LogP contribution < -0.4 is 5.32 Å². The predicted molar refractivity (Wildman–Crippen MR) is 58.0 cm³/mol. The van der Waals surface area contributed by atoms with E-state index >= 15 is 0 Å². The lowest BCUT2D eigenvalue weighted by Crippen LogP contribution is -2.15. The molecule has 7 nitrogen and oxygen atoms in total. The van der Waals surface area contributed by atoms with Crippen LogP contribution in [0.5, 0.6) is 0 Å². The first-order chi connectivity index (χ1) is 8.20. The third-order valence-corrected chi connectivity index (χ3v) is 2.01. The van der Waals surface area contributed by atoms with Crippen LogP contribution in [0.2, 0.25) is 0 Å². The van der Waals surface area contributed by atoms with Gasteiger partial charge in [0.25, 0.3) is 5.91 Å². The standard InChI is InChI=1S/C10H8N6O/c1-6-3-13-8(5-12-6)10(17)15-9-7(2-11)4-14-16-9/h3-5H,1H3,(H2,14,15,16,17). The molecule has 2 N–H and O–H groups in total. The molecule has 2 aromatic rings. The zero-order chi connectivity index (χ0) is 12.3. The molecule has 0 aliphatic rings. The number of hydrogen-bond donors (Lipinski definition) is 2. The highest BCUT2D eigenvalue weighted by Crippen LogP contribution is 2.09. The first-order valence-electron chi connectivity index (χ1n) is 4.74. The number of aromatic nitrogens is 4. The Morgan fingerprint density at radius 1 is 1.41 bits per heavy atom. The number of anilines is 1. The number of carbonyl (C=O) groups excluding carboxylic acids is 1. The summed E-state index contributed by atoms with van der Waals surface area (Å²) in [5, 5.41) is 17.4. The monoisotopic (exact) mass is 228 g/mol. The van der Waals surface area contributed by atoms with Crippen molar-refractivity contribution in [2.24, 2.45) is 0 Å². The van der Waals surface area contributed by atoms with Crippen molar-refractivity contribution in [2.75, 3.05) is 5.32 Å². The van der Waals surface area contributed by atoms with Crippen LogP contribution >= 0.6 is 0 Å². The third-order valence-electron chi connectivity index (χ3n) is 2.01. The van der Waals surface area contributed by atoms with Crippen molar-refractivity contribution in [2.45, 2.75) is 6.92 Å². The average molecular weight is 228 g/mol. The first kappa shape index (κ1) is 10.8. The minimum Gasteiger partial charge on any atom is -0.304 e. The van der Waals surface area contributed by atoms with Crippen molar-refractivity contribution in [1.29, 1.82) is 5.26 Å². The number of aryl methyl sites for hydroxylation is 1. The molecule has 84 valence electrons. The summed E-state index contributed by atoms with van der Waals surface area (Å²) in [6.45, 7) is 1.78. The summed E-state index contributed by atoms with van der Waals surface area (Å²) in [4.78, 5) is 19.6. The number of amides is 1. The largest absolute Gasteiger partial charge is 0.304 e. The number of nitrogens with one attached hydrogen (secondary N) is 2. The van der Waals surface area contributed by atoms with E-state index in [-0.39, 0.29) is 17.1 Å². The van der Waals surface area contributed by atoms with Gasteiger partial charge in [-0.2, -0.15) is 10.4 Å². The fourth-order valence-corrected chi connectivity index (χ4v) is 1.15. The second kappa shape index (κ2) is 4.40. The van der Waals surface area contributed by atoms with Crippen molar-refractivity contribution in [3.05, 3.63) is 35.5 Å². The van der Waals surface area contributed by atoms with Crippen LogP contribution in [0, 0.1) is 18.3 Å². The first-order valence-corrected chi connectivity index (χ1v) is 4.74. The molecule has 0 spiro atoms. The molecule has 1 amide bonds. The van der Waals surface area contributed by atoms with Gasteiger partial charge in [0.15, 0.2) is 0 Å². The van der Waals surface area contributed by atoms with Crippen LogP contribution in [0.1, 0.15) is 21.7 Å². The quantitative estimate of drug-likeness (QED) is 0.783. The average Bonchev–Trinajstić information content (AvgIpc) is 2.77. The fraction of sp³-hybridized carbons (Fsp3) is 0.100. The Kier molecular flexibility index (Phi) is 2.79. The van der Waals surface area contributed by atoms with Crippen LogP contribution in [0.15, 0.2) is 18.6 Å². The maximum Gasteiger partial charge on any atom is 0.277 e. The van der Waals surface area contributed by atoms with Crippen LogP contribution in [0.25, 0.3) is 0 Å². The van der Waals surface area contributed by atoms with Crippen molar-refractivity contribution in [1.82, 2.24) is 20.2 Å². The second-order valence-corrected chi connectivity index (χ2v) is 3.27. The van der Waals surface area contributed by atoms with Gasteiger partial charge in [0.1, 0.15) is 23.1 Å². The van der Waals surface area contributed by atoms with E-state index in [1.54, 1.807) is 6.92 Å². The molecule has 17 heavy (non-hydrogen) atoms. The van der Waals surface area contributed by atoms with Gasteiger partial charge in [-0.1, -0.05) is 0 Å². The molecule has 0 saturated carbocycles. The number of rotatable bonds is 2. The number of nitriles is 1. The van der Waals surface area contributed by atoms with E-state index in [0.29, 0.717) is 0 Å². The molecular formula is C10H8N6O. The third kappa shape index (κ3) is 2.26. The molecule has 0 fully saturated rings. The van der Waals surface area contributed by atoms with Gasteiger partial charge in [-0.05, 0) is 6.92 Å². The topological polar surface area (TPSA) is 107 Å². The highest BCUT2D eigenvalue weighted by atomic mass is 16.2. The molecule has 0 saturated heterocycles. The van der Waals surface area contributed by atoms with Gasteiger partial charge >= 0.3 is 0 Å². The Labute approximate surface area is 96.5 Å². The van der Waals surface area contributed by atoms with Crippen LogP contribution in [-0.2, 0) is 0 Å². The minimum absolute atomic E-state index is 0.175. The number of nitrogens with zero attached hydrogens (tertiary/aromatic N) is 4. The Morgan fingerprint density at radius 2 is 2.24 bits per heavy atom. The number of aromatic amines is 1. The molecule has 0 bridgehead atoms. The Bertz CT molecular complexity index is 580. The number of carbonyl (C=O) groups is 1. The highest BCUT2D eigenvalue weighted by Gasteiger charge is 2.11. The van der Waals surface area contributed by atoms with E-state index < -0.39 is 5.91 Å². The van der Waals surface area contributed by atoms with Crippen LogP contribution in [0.4, 0.5) is 5.82 Å². The second-order valence-electron chi connectivity index (χ2n) is 3.27. The summed E-state index contributed by atoms with van der Waals surface area (Å²) in [5.41, 5.74) is 1.16. The number of H-pyrrole nitrogens is 1. The maximum absolute atomic E-state index is 11.7. The molecule has 2 heterocycles. The van der Waals surface area contributed by atoms with Crippen molar-refractivity contribution in [3.63, 3.8) is 0 Å². The lowest BCUT2D eigenvalue weighted by atomic mass is 10.3. The van der Waals surface area contributed by atoms with Crippen molar-refractivity contribution < 1.29 is 4.79 Å². The molecule has 0 aliphatic carbocycles. The van der Waals surface area contributed by atoms with Gasteiger partial charge in [0.2, 0.25) is 0 Å². The fourth-order valence-electron chi connectivity index (χ4n) is 1.15. The Morgan fingerprint density at radius 3 is 2.88 bits per heavy atom. The molecule has 0 radical (unpaired) electrons. The molecule has 0 atom stereocenters. The van der Waals surface area contributed by atoms with Gasteiger partial charge in [-0.25, -0.2) is 4.98 Å². The maximum atomic E-state index is 11.7. The van der Waals surface area contributed by atoms with Crippen LogP contribution in [0.3, 0.4) is 0 Å². The summed E-state index contributed by atoms with van der Waals surface area (Å²) in [5.74, 6) is -0.196. The van der Waals surface area contributed by atoms with Gasteiger partial charge < -0.3 is 5.32 Å². The summed E-state index contributed by atoms with van der Waals surface area (Å²) in [6.07, 6.45) is 4.19. The van der Waals surface area contributed by atoms with E-state index in [0.717, 1.165) is 5.69 Å². The van der Waals surface area contributed by atoms with Crippen molar-refractivity contribution in [3.8, 4) is 6.07 Å². The van der Waals surface area contributed by atoms with Gasteiger partial charge in [-0.3, -0.25) is 14.9 Å². The van der Waals surface area contributed by atoms with E-state index in [9.17, 15) is 4.79 Å². The lowest BCUT2D eigenvalue weighted by Gasteiger charge is -2.01. The summed E-state index contributed by atoms with van der Waals surface area (Å²) < 4.78 is 0. The van der Waals surface area contributed by atoms with Gasteiger partial charge in [-0.15, -0.1) is 0 Å². The van der Waals surface area contributed by atoms with E-state index in [4.69, 9.17) is 5.26 Å². The summed E-state index contributed by atoms with van der Waals surface area (Å²) >= 11 is 0. The minimum atomic E-state index is -0.446. The Balaban J connectivity index is 2.18. The molecule has 7 heteroatoms. The summed E-state index contributed by atoms with van der Waals surface area (Å²) in [7, 11) is 0. The van der Waals surface area contributed by atoms with Crippen LogP contribution in [-0.4, -0.2) is 26.1 Å². The predicted octanol–water partition coefficient (Wildman–Crippen LogP) is 0.632. The normalized spacial score (nSPS) is 9.65. The van der Waals surface area contributed by atoms with E-state index in [2.05, 4.69) is 25.5 Å². The zero-order valence-electron chi connectivity index (χ0n) is 8.93. The lowest BCUT2D eigenvalue weighted by molar-refractivity contribution is 0.102. The highest BCUT2D eigenvalue weighted by molar-refractivity contribution is 6.02. The molecular weight excluding hydrogens is 220 g/mol. The zero-order valence-corrected chi connectivity index (χ0v) is 8.93. The molecule has 0 aliphatic heterocycles. The van der Waals surface area contributed by atoms with E-state index in [1.807, 2.05) is 6.07 Å². The molecule has 0 unspecified atom stereocenters. The van der Waals surface area contributed by atoms with E-state index in [1.165, 1.54) is 18.6 Å². The Hall–Kier alpha value is -2.75. The van der Waals surface area contributed by atoms with Gasteiger partial charge in [0.05, 0.1) is 18.1 Å². The smallest absolute Gasteiger partial charge is 0.277 e. The van der Waals surface area contributed by atoms with Crippen molar-refractivity contribution >= 4 is 11.7 Å². The van der Waals surface area contributed by atoms with Gasteiger partial charge in [0, 0.05) is 6.20 Å².